The van der Waals surface area contributed by atoms with Crippen LogP contribution in [0.4, 0.5) is 0 Å². The monoisotopic (exact) mass is 248 g/mol. The van der Waals surface area contributed by atoms with Crippen molar-refractivity contribution in [3.05, 3.63) is 42.0 Å². The second-order valence-corrected chi connectivity index (χ2v) is 3.86. The van der Waals surface area contributed by atoms with Crippen LogP contribution in [0.2, 0.25) is 0 Å². The van der Waals surface area contributed by atoms with E-state index in [-0.39, 0.29) is 6.61 Å². The average molecular weight is 248 g/mol. The number of aliphatic hydroxyl groups is 1. The number of rotatable bonds is 5. The van der Waals surface area contributed by atoms with Gasteiger partial charge in [0.05, 0.1) is 39.0 Å². The van der Waals surface area contributed by atoms with Crippen LogP contribution in [0, 0.1) is 0 Å². The first kappa shape index (κ1) is 12.4. The van der Waals surface area contributed by atoms with Crippen molar-refractivity contribution >= 4 is 0 Å². The minimum absolute atomic E-state index is 0.0205. The predicted molar refractivity (Wildman–Crippen MR) is 66.8 cm³/mol. The van der Waals surface area contributed by atoms with Crippen molar-refractivity contribution in [1.82, 2.24) is 9.55 Å². The lowest BCUT2D eigenvalue weighted by molar-refractivity contribution is 0.271. The zero-order valence-electron chi connectivity index (χ0n) is 10.5. The van der Waals surface area contributed by atoms with Crippen LogP contribution in [0.1, 0.15) is 11.3 Å². The van der Waals surface area contributed by atoms with E-state index in [2.05, 4.69) is 4.98 Å². The molecule has 0 saturated carbocycles. The Labute approximate surface area is 106 Å². The molecule has 2 aromatic rings. The Balaban J connectivity index is 2.24. The summed E-state index contributed by atoms with van der Waals surface area (Å²) in [5, 5.41) is 9.16. The van der Waals surface area contributed by atoms with E-state index in [9.17, 15) is 0 Å². The van der Waals surface area contributed by atoms with E-state index in [1.807, 2.05) is 22.8 Å². The highest BCUT2D eigenvalue weighted by molar-refractivity contribution is 5.43. The fourth-order valence-corrected chi connectivity index (χ4v) is 1.80. The summed E-state index contributed by atoms with van der Waals surface area (Å²) >= 11 is 0. The van der Waals surface area contributed by atoms with Crippen LogP contribution >= 0.6 is 0 Å². The lowest BCUT2D eigenvalue weighted by Gasteiger charge is -2.11. The van der Waals surface area contributed by atoms with Gasteiger partial charge in [0.25, 0.3) is 0 Å². The van der Waals surface area contributed by atoms with Crippen molar-refractivity contribution in [3.63, 3.8) is 0 Å². The van der Waals surface area contributed by atoms with E-state index in [1.165, 1.54) is 0 Å². The molecule has 0 amide bonds. The summed E-state index contributed by atoms with van der Waals surface area (Å²) in [7, 11) is 3.22. The topological polar surface area (TPSA) is 56.5 Å². The zero-order valence-corrected chi connectivity index (χ0v) is 10.5. The SMILES string of the molecule is COc1ccc(Cn2cncc2CO)cc1OC. The van der Waals surface area contributed by atoms with Gasteiger partial charge >= 0.3 is 0 Å². The quantitative estimate of drug-likeness (QED) is 0.870. The Hall–Kier alpha value is -2.01. The van der Waals surface area contributed by atoms with Gasteiger partial charge in [-0.25, -0.2) is 4.98 Å². The van der Waals surface area contributed by atoms with E-state index in [4.69, 9.17) is 14.6 Å². The molecule has 96 valence electrons. The van der Waals surface area contributed by atoms with E-state index in [0.717, 1.165) is 11.3 Å². The Morgan fingerprint density at radius 3 is 2.67 bits per heavy atom. The van der Waals surface area contributed by atoms with Gasteiger partial charge in [-0.3, -0.25) is 0 Å². The molecule has 0 spiro atoms. The van der Waals surface area contributed by atoms with Gasteiger partial charge in [-0.05, 0) is 17.7 Å². The van der Waals surface area contributed by atoms with Crippen LogP contribution in [-0.4, -0.2) is 28.9 Å². The number of ether oxygens (including phenoxy) is 2. The van der Waals surface area contributed by atoms with Gasteiger partial charge in [0.1, 0.15) is 0 Å². The minimum Gasteiger partial charge on any atom is -0.493 e. The van der Waals surface area contributed by atoms with Crippen molar-refractivity contribution in [2.45, 2.75) is 13.2 Å². The molecule has 0 saturated heterocycles. The molecule has 0 unspecified atom stereocenters. The Morgan fingerprint density at radius 1 is 1.22 bits per heavy atom. The summed E-state index contributed by atoms with van der Waals surface area (Å²) in [6.07, 6.45) is 3.35. The number of aliphatic hydroxyl groups excluding tert-OH is 1. The van der Waals surface area contributed by atoms with Crippen LogP contribution in [0.15, 0.2) is 30.7 Å². The molecule has 0 bridgehead atoms. The standard InChI is InChI=1S/C13H16N2O3/c1-17-12-4-3-10(5-13(12)18-2)7-15-9-14-6-11(15)8-16/h3-6,9,16H,7-8H2,1-2H3. The third kappa shape index (κ3) is 2.46. The highest BCUT2D eigenvalue weighted by atomic mass is 16.5. The van der Waals surface area contributed by atoms with Crippen molar-refractivity contribution < 1.29 is 14.6 Å². The molecule has 0 aliphatic carbocycles. The van der Waals surface area contributed by atoms with Crippen LogP contribution in [0.3, 0.4) is 0 Å². The number of hydrogen-bond donors (Lipinski definition) is 1. The number of hydrogen-bond acceptors (Lipinski definition) is 4. The zero-order chi connectivity index (χ0) is 13.0. The predicted octanol–water partition coefficient (Wildman–Crippen LogP) is 1.44. The largest absolute Gasteiger partial charge is 0.493 e. The normalized spacial score (nSPS) is 10.4. The van der Waals surface area contributed by atoms with Gasteiger partial charge in [-0.15, -0.1) is 0 Å². The molecule has 1 aromatic carbocycles. The number of methoxy groups -OCH3 is 2. The molecule has 0 fully saturated rings. The summed E-state index contributed by atoms with van der Waals surface area (Å²) in [5.74, 6) is 1.40. The molecule has 0 aliphatic rings. The van der Waals surface area contributed by atoms with Gasteiger partial charge in [0, 0.05) is 6.54 Å². The molecule has 2 rings (SSSR count). The Morgan fingerprint density at radius 2 is 2.00 bits per heavy atom. The van der Waals surface area contributed by atoms with Crippen molar-refractivity contribution in [2.75, 3.05) is 14.2 Å². The van der Waals surface area contributed by atoms with Crippen LogP contribution in [-0.2, 0) is 13.2 Å². The van der Waals surface area contributed by atoms with E-state index < -0.39 is 0 Å². The van der Waals surface area contributed by atoms with Crippen molar-refractivity contribution in [2.24, 2.45) is 0 Å². The maximum Gasteiger partial charge on any atom is 0.161 e. The van der Waals surface area contributed by atoms with Gasteiger partial charge in [-0.1, -0.05) is 6.07 Å². The molecule has 0 atom stereocenters. The second kappa shape index (κ2) is 5.55. The van der Waals surface area contributed by atoms with E-state index in [1.54, 1.807) is 26.7 Å². The molecule has 5 nitrogen and oxygen atoms in total. The fraction of sp³-hybridized carbons (Fsp3) is 0.308. The van der Waals surface area contributed by atoms with E-state index in [0.29, 0.717) is 18.0 Å². The molecular weight excluding hydrogens is 232 g/mol. The maximum atomic E-state index is 9.16. The number of nitrogens with zero attached hydrogens (tertiary/aromatic N) is 2. The van der Waals surface area contributed by atoms with Crippen LogP contribution in [0.25, 0.3) is 0 Å². The number of benzene rings is 1. The lowest BCUT2D eigenvalue weighted by Crippen LogP contribution is -2.03. The Kier molecular flexibility index (Phi) is 3.84. The van der Waals surface area contributed by atoms with Crippen LogP contribution in [0.5, 0.6) is 11.5 Å². The molecular formula is C13H16N2O3. The molecule has 18 heavy (non-hydrogen) atoms. The number of imidazole rings is 1. The highest BCUT2D eigenvalue weighted by Crippen LogP contribution is 2.27. The molecule has 0 aliphatic heterocycles. The first-order chi connectivity index (χ1) is 8.78. The molecule has 1 N–H and O–H groups in total. The van der Waals surface area contributed by atoms with Crippen LogP contribution < -0.4 is 9.47 Å². The molecule has 5 heteroatoms. The summed E-state index contributed by atoms with van der Waals surface area (Å²) < 4.78 is 12.3. The molecule has 1 aromatic heterocycles. The lowest BCUT2D eigenvalue weighted by atomic mass is 10.2. The molecule has 1 heterocycles. The third-order valence-electron chi connectivity index (χ3n) is 2.76. The summed E-state index contributed by atoms with van der Waals surface area (Å²) in [4.78, 5) is 4.01. The summed E-state index contributed by atoms with van der Waals surface area (Å²) in [6.45, 7) is 0.615. The second-order valence-electron chi connectivity index (χ2n) is 3.86. The fourth-order valence-electron chi connectivity index (χ4n) is 1.80. The number of aromatic nitrogens is 2. The van der Waals surface area contributed by atoms with Gasteiger partial charge < -0.3 is 19.1 Å². The van der Waals surface area contributed by atoms with E-state index >= 15 is 0 Å². The first-order valence-corrected chi connectivity index (χ1v) is 5.59. The summed E-state index contributed by atoms with van der Waals surface area (Å²) in [6, 6.07) is 5.74. The van der Waals surface area contributed by atoms with Crippen molar-refractivity contribution in [3.8, 4) is 11.5 Å². The Bertz CT molecular complexity index is 523. The summed E-state index contributed by atoms with van der Waals surface area (Å²) in [5.41, 5.74) is 1.84. The van der Waals surface area contributed by atoms with Gasteiger partial charge in [0.2, 0.25) is 0 Å². The van der Waals surface area contributed by atoms with Gasteiger partial charge in [0.15, 0.2) is 11.5 Å². The van der Waals surface area contributed by atoms with Crippen molar-refractivity contribution in [1.29, 1.82) is 0 Å². The minimum atomic E-state index is -0.0205. The third-order valence-corrected chi connectivity index (χ3v) is 2.76. The van der Waals surface area contributed by atoms with Gasteiger partial charge in [-0.2, -0.15) is 0 Å². The first-order valence-electron chi connectivity index (χ1n) is 5.59. The molecule has 0 radical (unpaired) electrons. The smallest absolute Gasteiger partial charge is 0.161 e. The highest BCUT2D eigenvalue weighted by Gasteiger charge is 2.06. The maximum absolute atomic E-state index is 9.16. The average Bonchev–Trinajstić information content (AvgIpc) is 2.85.